The van der Waals surface area contributed by atoms with Gasteiger partial charge in [0.05, 0.1) is 15.2 Å². The van der Waals surface area contributed by atoms with Gasteiger partial charge in [-0.2, -0.15) is 0 Å². The molecule has 2 aromatic carbocycles. The number of aromatic nitrogens is 1. The van der Waals surface area contributed by atoms with E-state index in [1.807, 2.05) is 24.3 Å². The summed E-state index contributed by atoms with van der Waals surface area (Å²) in [7, 11) is 0. The smallest absolute Gasteiger partial charge is 0.125 e. The summed E-state index contributed by atoms with van der Waals surface area (Å²) in [5, 5.41) is 1.02. The van der Waals surface area contributed by atoms with E-state index in [0.29, 0.717) is 0 Å². The second-order valence-electron chi connectivity index (χ2n) is 4.42. The van der Waals surface area contributed by atoms with E-state index in [9.17, 15) is 4.39 Å². The summed E-state index contributed by atoms with van der Waals surface area (Å²) in [6, 6.07) is 12.6. The molecule has 1 aromatic heterocycles. The lowest BCUT2D eigenvalue weighted by Crippen LogP contribution is -1.96. The van der Waals surface area contributed by atoms with Gasteiger partial charge in [-0.15, -0.1) is 11.3 Å². The van der Waals surface area contributed by atoms with Crippen molar-refractivity contribution in [1.82, 2.24) is 4.98 Å². The quantitative estimate of drug-likeness (QED) is 0.736. The number of benzene rings is 2. The normalized spacial score (nSPS) is 11.0. The molecule has 0 saturated heterocycles. The highest BCUT2D eigenvalue weighted by molar-refractivity contribution is 7.18. The third-order valence-electron chi connectivity index (χ3n) is 3.06. The summed E-state index contributed by atoms with van der Waals surface area (Å²) in [4.78, 5) is 4.46. The molecule has 1 heterocycles. The molecule has 0 aliphatic rings. The molecule has 2 nitrogen and oxygen atoms in total. The molecular weight excluding hydrogens is 259 g/mol. The van der Waals surface area contributed by atoms with E-state index >= 15 is 0 Å². The van der Waals surface area contributed by atoms with E-state index in [2.05, 4.69) is 4.98 Å². The van der Waals surface area contributed by atoms with Gasteiger partial charge in [0.1, 0.15) is 5.82 Å². The van der Waals surface area contributed by atoms with Gasteiger partial charge in [0.25, 0.3) is 0 Å². The lowest BCUT2D eigenvalue weighted by molar-refractivity contribution is 0.629. The van der Waals surface area contributed by atoms with Crippen molar-refractivity contribution in [3.8, 4) is 0 Å². The van der Waals surface area contributed by atoms with Crippen LogP contribution in [-0.4, -0.2) is 4.98 Å². The van der Waals surface area contributed by atoms with Crippen molar-refractivity contribution in [3.05, 3.63) is 58.9 Å². The Hall–Kier alpha value is -1.94. The van der Waals surface area contributed by atoms with E-state index in [1.165, 1.54) is 12.1 Å². The summed E-state index contributed by atoms with van der Waals surface area (Å²) >= 11 is 1.61. The molecule has 0 aliphatic carbocycles. The molecule has 2 N–H and O–H groups in total. The lowest BCUT2D eigenvalue weighted by Gasteiger charge is -2.02. The predicted molar refractivity (Wildman–Crippen MR) is 77.8 cm³/mol. The molecule has 19 heavy (non-hydrogen) atoms. The van der Waals surface area contributed by atoms with Crippen LogP contribution < -0.4 is 5.73 Å². The van der Waals surface area contributed by atoms with Crippen LogP contribution in [-0.2, 0) is 12.8 Å². The molecule has 0 bridgehead atoms. The third-order valence-corrected chi connectivity index (χ3v) is 4.15. The number of hydrogen-bond donors (Lipinski definition) is 1. The summed E-state index contributed by atoms with van der Waals surface area (Å²) in [6.07, 6.45) is 1.68. The zero-order chi connectivity index (χ0) is 13.2. The van der Waals surface area contributed by atoms with Crippen LogP contribution in [0.25, 0.3) is 10.2 Å². The van der Waals surface area contributed by atoms with Gasteiger partial charge in [0.15, 0.2) is 0 Å². The highest BCUT2D eigenvalue weighted by Crippen LogP contribution is 2.24. The summed E-state index contributed by atoms with van der Waals surface area (Å²) in [5.41, 5.74) is 8.60. The minimum Gasteiger partial charge on any atom is -0.399 e. The first kappa shape index (κ1) is 12.1. The van der Waals surface area contributed by atoms with Gasteiger partial charge in [-0.3, -0.25) is 0 Å². The number of aryl methyl sites for hydroxylation is 2. The topological polar surface area (TPSA) is 38.9 Å². The first-order chi connectivity index (χ1) is 9.22. The van der Waals surface area contributed by atoms with Crippen molar-refractivity contribution in [2.45, 2.75) is 12.8 Å². The number of rotatable bonds is 3. The zero-order valence-electron chi connectivity index (χ0n) is 10.3. The zero-order valence-corrected chi connectivity index (χ0v) is 11.1. The second-order valence-corrected chi connectivity index (χ2v) is 5.53. The molecule has 0 aliphatic heterocycles. The van der Waals surface area contributed by atoms with Crippen LogP contribution in [0.2, 0.25) is 0 Å². The maximum absolute atomic E-state index is 13.1. The number of nitrogens with zero attached hydrogens (tertiary/aromatic N) is 1. The highest BCUT2D eigenvalue weighted by Gasteiger charge is 2.06. The number of halogens is 1. The minimum absolute atomic E-state index is 0.239. The highest BCUT2D eigenvalue weighted by atomic mass is 32.1. The lowest BCUT2D eigenvalue weighted by atomic mass is 10.1. The van der Waals surface area contributed by atoms with Crippen LogP contribution in [0.5, 0.6) is 0 Å². The molecule has 0 spiro atoms. The fourth-order valence-electron chi connectivity index (χ4n) is 2.06. The molecule has 0 radical (unpaired) electrons. The molecule has 0 amide bonds. The first-order valence-corrected chi connectivity index (χ1v) is 6.92. The molecule has 3 aromatic rings. The van der Waals surface area contributed by atoms with Gasteiger partial charge in [-0.1, -0.05) is 18.2 Å². The SMILES string of the molecule is Nc1ccccc1CCc1nc2cc(F)ccc2s1. The fraction of sp³-hybridized carbons (Fsp3) is 0.133. The Morgan fingerprint density at radius 2 is 1.95 bits per heavy atom. The van der Waals surface area contributed by atoms with Gasteiger partial charge in [0, 0.05) is 18.2 Å². The third kappa shape index (κ3) is 2.58. The number of anilines is 1. The maximum atomic E-state index is 13.1. The fourth-order valence-corrected chi connectivity index (χ4v) is 3.01. The molecule has 4 heteroatoms. The summed E-state index contributed by atoms with van der Waals surface area (Å²) < 4.78 is 14.1. The Morgan fingerprint density at radius 1 is 1.11 bits per heavy atom. The Balaban J connectivity index is 1.80. The van der Waals surface area contributed by atoms with E-state index in [4.69, 9.17) is 5.73 Å². The molecule has 96 valence electrons. The largest absolute Gasteiger partial charge is 0.399 e. The molecule has 0 fully saturated rings. The summed E-state index contributed by atoms with van der Waals surface area (Å²) in [6.45, 7) is 0. The average molecular weight is 272 g/mol. The van der Waals surface area contributed by atoms with Crippen molar-refractivity contribution in [2.75, 3.05) is 5.73 Å². The van der Waals surface area contributed by atoms with E-state index in [0.717, 1.165) is 39.3 Å². The number of fused-ring (bicyclic) bond motifs is 1. The van der Waals surface area contributed by atoms with Crippen molar-refractivity contribution < 1.29 is 4.39 Å². The number of nitrogens with two attached hydrogens (primary N) is 1. The van der Waals surface area contributed by atoms with E-state index < -0.39 is 0 Å². The second kappa shape index (κ2) is 4.97. The monoisotopic (exact) mass is 272 g/mol. The standard InChI is InChI=1S/C15H13FN2S/c16-11-6-7-14-13(9-11)18-15(19-14)8-5-10-3-1-2-4-12(10)17/h1-4,6-7,9H,5,8,17H2. The van der Waals surface area contributed by atoms with Crippen molar-refractivity contribution in [3.63, 3.8) is 0 Å². The van der Waals surface area contributed by atoms with Crippen LogP contribution in [0.15, 0.2) is 42.5 Å². The van der Waals surface area contributed by atoms with Crippen molar-refractivity contribution in [2.24, 2.45) is 0 Å². The Bertz CT molecular complexity index is 721. The van der Waals surface area contributed by atoms with Gasteiger partial charge in [0.2, 0.25) is 0 Å². The Kier molecular flexibility index (Phi) is 3.17. The first-order valence-electron chi connectivity index (χ1n) is 6.11. The van der Waals surface area contributed by atoms with Crippen molar-refractivity contribution >= 4 is 27.2 Å². The number of thiazole rings is 1. The average Bonchev–Trinajstić information content (AvgIpc) is 2.79. The van der Waals surface area contributed by atoms with Gasteiger partial charge >= 0.3 is 0 Å². The summed E-state index contributed by atoms with van der Waals surface area (Å²) in [5.74, 6) is -0.239. The van der Waals surface area contributed by atoms with E-state index in [-0.39, 0.29) is 5.82 Å². The molecule has 0 saturated carbocycles. The number of para-hydroxylation sites is 1. The Labute approximate surface area is 114 Å². The number of hydrogen-bond acceptors (Lipinski definition) is 3. The van der Waals surface area contributed by atoms with Crippen LogP contribution in [0, 0.1) is 5.82 Å². The Morgan fingerprint density at radius 3 is 2.79 bits per heavy atom. The van der Waals surface area contributed by atoms with Gasteiger partial charge < -0.3 is 5.73 Å². The molecule has 0 unspecified atom stereocenters. The predicted octanol–water partition coefficient (Wildman–Crippen LogP) is 3.80. The van der Waals surface area contributed by atoms with Crippen LogP contribution in [0.1, 0.15) is 10.6 Å². The van der Waals surface area contributed by atoms with Crippen LogP contribution in [0.3, 0.4) is 0 Å². The van der Waals surface area contributed by atoms with Gasteiger partial charge in [-0.05, 0) is 30.2 Å². The maximum Gasteiger partial charge on any atom is 0.125 e. The molecule has 3 rings (SSSR count). The van der Waals surface area contributed by atoms with E-state index in [1.54, 1.807) is 17.4 Å². The molecule has 0 atom stereocenters. The molecular formula is C15H13FN2S. The van der Waals surface area contributed by atoms with Crippen LogP contribution in [0.4, 0.5) is 10.1 Å². The number of nitrogen functional groups attached to an aromatic ring is 1. The van der Waals surface area contributed by atoms with Gasteiger partial charge in [-0.25, -0.2) is 9.37 Å². The van der Waals surface area contributed by atoms with Crippen molar-refractivity contribution in [1.29, 1.82) is 0 Å². The minimum atomic E-state index is -0.239. The van der Waals surface area contributed by atoms with Crippen LogP contribution >= 0.6 is 11.3 Å².